The minimum Gasteiger partial charge on any atom is -0.491 e. The van der Waals surface area contributed by atoms with E-state index in [2.05, 4.69) is 10.6 Å². The van der Waals surface area contributed by atoms with Crippen LogP contribution < -0.4 is 15.4 Å². The van der Waals surface area contributed by atoms with Gasteiger partial charge in [-0.1, -0.05) is 18.5 Å². The molecule has 0 spiro atoms. The van der Waals surface area contributed by atoms with Crippen molar-refractivity contribution in [1.82, 2.24) is 5.32 Å². The van der Waals surface area contributed by atoms with E-state index in [0.717, 1.165) is 13.0 Å². The number of carbonyl (C=O) groups excluding carboxylic acids is 1. The highest BCUT2D eigenvalue weighted by Gasteiger charge is 2.22. The molecule has 1 fully saturated rings. The molecular formula is C14H20Cl2N2O3. The van der Waals surface area contributed by atoms with Crippen LogP contribution in [0.15, 0.2) is 18.2 Å². The van der Waals surface area contributed by atoms with E-state index in [-0.39, 0.29) is 18.3 Å². The van der Waals surface area contributed by atoms with E-state index in [1.54, 1.807) is 18.2 Å². The van der Waals surface area contributed by atoms with Crippen molar-refractivity contribution in [2.75, 3.05) is 31.6 Å². The lowest BCUT2D eigenvalue weighted by Gasteiger charge is -2.23. The molecule has 2 rings (SSSR count). The van der Waals surface area contributed by atoms with Crippen LogP contribution >= 0.6 is 24.0 Å². The molecule has 0 aliphatic carbocycles. The van der Waals surface area contributed by atoms with E-state index in [1.807, 2.05) is 6.92 Å². The molecule has 0 radical (unpaired) electrons. The lowest BCUT2D eigenvalue weighted by atomic mass is 10.2. The average Bonchev–Trinajstić information content (AvgIpc) is 2.47. The molecule has 0 saturated carbocycles. The molecule has 1 aliphatic rings. The summed E-state index contributed by atoms with van der Waals surface area (Å²) in [6, 6.07) is 5.18. The highest BCUT2D eigenvalue weighted by atomic mass is 35.5. The maximum Gasteiger partial charge on any atom is 0.254 e. The van der Waals surface area contributed by atoms with Gasteiger partial charge in [-0.3, -0.25) is 4.79 Å². The zero-order valence-electron chi connectivity index (χ0n) is 11.9. The third-order valence-electron chi connectivity index (χ3n) is 2.88. The van der Waals surface area contributed by atoms with Crippen LogP contribution in [0, 0.1) is 0 Å². The second-order valence-corrected chi connectivity index (χ2v) is 4.98. The van der Waals surface area contributed by atoms with Crippen molar-refractivity contribution in [2.45, 2.75) is 19.4 Å². The van der Waals surface area contributed by atoms with Gasteiger partial charge in [-0.15, -0.1) is 12.4 Å². The summed E-state index contributed by atoms with van der Waals surface area (Å²) in [4.78, 5) is 12.1. The van der Waals surface area contributed by atoms with Gasteiger partial charge < -0.3 is 20.1 Å². The summed E-state index contributed by atoms with van der Waals surface area (Å²) in [6.45, 7) is 4.43. The SMILES string of the molecule is CCCOc1ccc(Cl)cc1NC(=O)C1CNCCO1.Cl. The predicted molar refractivity (Wildman–Crippen MR) is 85.7 cm³/mol. The van der Waals surface area contributed by atoms with Gasteiger partial charge in [0.15, 0.2) is 0 Å². The van der Waals surface area contributed by atoms with Crippen molar-refractivity contribution < 1.29 is 14.3 Å². The zero-order chi connectivity index (χ0) is 14.4. The van der Waals surface area contributed by atoms with Gasteiger partial charge in [-0.05, 0) is 24.6 Å². The molecule has 2 N–H and O–H groups in total. The summed E-state index contributed by atoms with van der Waals surface area (Å²) in [6.07, 6.45) is 0.410. The molecule has 1 atom stereocenters. The van der Waals surface area contributed by atoms with Crippen LogP contribution in [-0.2, 0) is 9.53 Å². The van der Waals surface area contributed by atoms with Crippen LogP contribution in [0.5, 0.6) is 5.75 Å². The fraction of sp³-hybridized carbons (Fsp3) is 0.500. The molecule has 7 heteroatoms. The van der Waals surface area contributed by atoms with Crippen molar-refractivity contribution in [3.63, 3.8) is 0 Å². The van der Waals surface area contributed by atoms with Crippen LogP contribution in [0.4, 0.5) is 5.69 Å². The number of halogens is 2. The number of rotatable bonds is 5. The third kappa shape index (κ3) is 5.36. The van der Waals surface area contributed by atoms with Crippen molar-refractivity contribution in [3.8, 4) is 5.75 Å². The van der Waals surface area contributed by atoms with Crippen LogP contribution in [0.1, 0.15) is 13.3 Å². The van der Waals surface area contributed by atoms with Crippen molar-refractivity contribution in [3.05, 3.63) is 23.2 Å². The molecule has 21 heavy (non-hydrogen) atoms. The zero-order valence-corrected chi connectivity index (χ0v) is 13.4. The number of nitrogens with one attached hydrogen (secondary N) is 2. The first-order valence-corrected chi connectivity index (χ1v) is 7.14. The Hall–Kier alpha value is -1.01. The third-order valence-corrected chi connectivity index (χ3v) is 3.12. The number of ether oxygens (including phenoxy) is 2. The summed E-state index contributed by atoms with van der Waals surface area (Å²) in [5, 5.41) is 6.48. The molecule has 1 aromatic rings. The summed E-state index contributed by atoms with van der Waals surface area (Å²) in [7, 11) is 0. The normalized spacial score (nSPS) is 17.7. The largest absolute Gasteiger partial charge is 0.491 e. The highest BCUT2D eigenvalue weighted by molar-refractivity contribution is 6.31. The van der Waals surface area contributed by atoms with Gasteiger partial charge in [0.05, 0.1) is 18.9 Å². The molecule has 1 amide bonds. The van der Waals surface area contributed by atoms with Crippen LogP contribution in [0.25, 0.3) is 0 Å². The Morgan fingerprint density at radius 1 is 1.57 bits per heavy atom. The quantitative estimate of drug-likeness (QED) is 0.868. The molecular weight excluding hydrogens is 315 g/mol. The van der Waals surface area contributed by atoms with E-state index in [4.69, 9.17) is 21.1 Å². The molecule has 1 saturated heterocycles. The number of benzene rings is 1. The molecule has 0 aromatic heterocycles. The fourth-order valence-corrected chi connectivity index (χ4v) is 2.06. The van der Waals surface area contributed by atoms with Crippen LogP contribution in [0.2, 0.25) is 5.02 Å². The Morgan fingerprint density at radius 2 is 2.38 bits per heavy atom. The Labute approximate surface area is 135 Å². The number of carbonyl (C=O) groups is 1. The van der Waals surface area contributed by atoms with E-state index in [0.29, 0.717) is 36.2 Å². The topological polar surface area (TPSA) is 59.6 Å². The first-order chi connectivity index (χ1) is 9.70. The van der Waals surface area contributed by atoms with Gasteiger partial charge in [-0.25, -0.2) is 0 Å². The summed E-state index contributed by atoms with van der Waals surface area (Å²) < 4.78 is 11.0. The minimum absolute atomic E-state index is 0. The molecule has 1 unspecified atom stereocenters. The standard InChI is InChI=1S/C14H19ClN2O3.ClH/c1-2-6-19-12-4-3-10(15)8-11(12)17-14(18)13-9-16-5-7-20-13;/h3-4,8,13,16H,2,5-7,9H2,1H3,(H,17,18);1H. The summed E-state index contributed by atoms with van der Waals surface area (Å²) in [5.41, 5.74) is 0.574. The Bertz CT molecular complexity index is 466. The molecule has 5 nitrogen and oxygen atoms in total. The van der Waals surface area contributed by atoms with E-state index in [1.165, 1.54) is 0 Å². The smallest absolute Gasteiger partial charge is 0.254 e. The van der Waals surface area contributed by atoms with Crippen molar-refractivity contribution in [1.29, 1.82) is 0 Å². The fourth-order valence-electron chi connectivity index (χ4n) is 1.88. The van der Waals surface area contributed by atoms with Crippen molar-refractivity contribution in [2.24, 2.45) is 0 Å². The molecule has 1 aromatic carbocycles. The van der Waals surface area contributed by atoms with Gasteiger partial charge in [0, 0.05) is 18.1 Å². The second kappa shape index (κ2) is 9.10. The van der Waals surface area contributed by atoms with Gasteiger partial charge in [0.2, 0.25) is 0 Å². The average molecular weight is 335 g/mol. The monoisotopic (exact) mass is 334 g/mol. The Kier molecular flexibility index (Phi) is 7.82. The van der Waals surface area contributed by atoms with E-state index in [9.17, 15) is 4.79 Å². The molecule has 1 aliphatic heterocycles. The van der Waals surface area contributed by atoms with Crippen LogP contribution in [-0.4, -0.2) is 38.3 Å². The van der Waals surface area contributed by atoms with Crippen molar-refractivity contribution >= 4 is 35.6 Å². The predicted octanol–water partition coefficient (Wildman–Crippen LogP) is 2.48. The van der Waals surface area contributed by atoms with Gasteiger partial charge in [0.25, 0.3) is 5.91 Å². The molecule has 118 valence electrons. The van der Waals surface area contributed by atoms with Gasteiger partial charge in [0.1, 0.15) is 11.9 Å². The Balaban J connectivity index is 0.00000220. The highest BCUT2D eigenvalue weighted by Crippen LogP contribution is 2.28. The first kappa shape index (κ1) is 18.0. The van der Waals surface area contributed by atoms with Crippen LogP contribution in [0.3, 0.4) is 0 Å². The number of hydrogen-bond acceptors (Lipinski definition) is 4. The van der Waals surface area contributed by atoms with Gasteiger partial charge >= 0.3 is 0 Å². The second-order valence-electron chi connectivity index (χ2n) is 4.54. The first-order valence-electron chi connectivity index (χ1n) is 6.76. The van der Waals surface area contributed by atoms with E-state index >= 15 is 0 Å². The maximum absolute atomic E-state index is 12.1. The van der Waals surface area contributed by atoms with E-state index < -0.39 is 6.10 Å². The number of morpholine rings is 1. The number of amides is 1. The van der Waals surface area contributed by atoms with Gasteiger partial charge in [-0.2, -0.15) is 0 Å². The maximum atomic E-state index is 12.1. The Morgan fingerprint density at radius 3 is 3.05 bits per heavy atom. The molecule has 0 bridgehead atoms. The number of anilines is 1. The lowest BCUT2D eigenvalue weighted by molar-refractivity contribution is -0.128. The minimum atomic E-state index is -0.484. The summed E-state index contributed by atoms with van der Waals surface area (Å²) in [5.74, 6) is 0.425. The summed E-state index contributed by atoms with van der Waals surface area (Å²) >= 11 is 5.97. The lowest BCUT2D eigenvalue weighted by Crippen LogP contribution is -2.45. The molecule has 1 heterocycles. The number of hydrogen-bond donors (Lipinski definition) is 2.